The lowest BCUT2D eigenvalue weighted by atomic mass is 9.83. The number of carbonyl (C=O) groups is 6. The molecule has 4 unspecified atom stereocenters. The molecule has 4 aliphatic rings. The van der Waals surface area contributed by atoms with E-state index in [-0.39, 0.29) is 86.8 Å². The normalized spacial score (nSPS) is 20.6. The van der Waals surface area contributed by atoms with Gasteiger partial charge in [0, 0.05) is 12.8 Å². The number of carbonyl (C=O) groups excluding carboxylic acids is 6. The van der Waals surface area contributed by atoms with Gasteiger partial charge in [-0.3, -0.25) is 28.8 Å². The molecule has 4 saturated carbocycles. The molecule has 67 heavy (non-hydrogen) atoms. The molecule has 4 aliphatic carbocycles. The summed E-state index contributed by atoms with van der Waals surface area (Å²) < 4.78 is 34.1. The average molecular weight is 946 g/mol. The van der Waals surface area contributed by atoms with Gasteiger partial charge in [0.15, 0.2) is 12.2 Å². The van der Waals surface area contributed by atoms with Gasteiger partial charge in [-0.1, -0.05) is 156 Å². The highest BCUT2D eigenvalue weighted by Gasteiger charge is 2.29. The Labute approximate surface area is 403 Å². The van der Waals surface area contributed by atoms with Crippen LogP contribution in [0.15, 0.2) is 0 Å². The largest absolute Gasteiger partial charge is 0.461 e. The molecule has 4 rings (SSSR count). The van der Waals surface area contributed by atoms with Crippen molar-refractivity contribution >= 4 is 35.8 Å². The molecule has 1 N–H and O–H groups in total. The average Bonchev–Trinajstić information content (AvgIpc) is 3.33. The predicted molar refractivity (Wildman–Crippen MR) is 256 cm³/mol. The van der Waals surface area contributed by atoms with E-state index in [0.717, 1.165) is 77.0 Å². The third kappa shape index (κ3) is 23.8. The van der Waals surface area contributed by atoms with E-state index in [9.17, 15) is 28.8 Å². The first kappa shape index (κ1) is 56.4. The molecule has 0 saturated heterocycles. The monoisotopic (exact) mass is 946 g/mol. The molecule has 4 fully saturated rings. The van der Waals surface area contributed by atoms with Gasteiger partial charge in [-0.05, 0) is 75.3 Å². The molecular formula is C54H91NO12. The van der Waals surface area contributed by atoms with Crippen LogP contribution in [0.5, 0.6) is 0 Å². The van der Waals surface area contributed by atoms with Crippen molar-refractivity contribution < 1.29 is 57.2 Å². The fraction of sp³-hybridized carbons (Fsp3) is 0.889. The maximum Gasteiger partial charge on any atom is 0.308 e. The number of nitrogens with one attached hydrogen (secondary N) is 1. The van der Waals surface area contributed by atoms with Gasteiger partial charge in [0.1, 0.15) is 26.4 Å². The van der Waals surface area contributed by atoms with Crippen LogP contribution < -0.4 is 5.32 Å². The lowest BCUT2D eigenvalue weighted by Gasteiger charge is -2.25. The van der Waals surface area contributed by atoms with E-state index in [4.69, 9.17) is 28.4 Å². The van der Waals surface area contributed by atoms with Crippen LogP contribution >= 0.6 is 0 Å². The summed E-state index contributed by atoms with van der Waals surface area (Å²) in [7, 11) is 0. The van der Waals surface area contributed by atoms with Gasteiger partial charge < -0.3 is 33.7 Å². The number of ether oxygens (including phenoxy) is 6. The summed E-state index contributed by atoms with van der Waals surface area (Å²) in [5.74, 6) is -1.28. The maximum absolute atomic E-state index is 13.0. The Morgan fingerprint density at radius 3 is 0.866 bits per heavy atom. The number of hydrogen-bond acceptors (Lipinski definition) is 13. The zero-order chi connectivity index (χ0) is 48.2. The minimum Gasteiger partial charge on any atom is -0.461 e. The molecule has 0 aromatic carbocycles. The third-order valence-electron chi connectivity index (χ3n) is 15.0. The van der Waals surface area contributed by atoms with Crippen LogP contribution in [0.3, 0.4) is 0 Å². The van der Waals surface area contributed by atoms with E-state index in [1.165, 1.54) is 77.0 Å². The minimum absolute atomic E-state index is 0.0985. The van der Waals surface area contributed by atoms with Crippen LogP contribution in [0.25, 0.3) is 0 Å². The molecule has 0 heterocycles. The molecule has 4 atom stereocenters. The SMILES string of the molecule is CC(CC1CCCCC1)C(=O)OCC(COC(=O)C(C)CC1CCCCC1)OC(=O)CCCNCCCC(=O)OC(COC(=O)C(C)CC1CCCCC1)COC(=O)C(C)CC1CCCCC1. The predicted octanol–water partition coefficient (Wildman–Crippen LogP) is 10.6. The van der Waals surface area contributed by atoms with Gasteiger partial charge in [-0.15, -0.1) is 0 Å². The van der Waals surface area contributed by atoms with E-state index in [2.05, 4.69) is 5.32 Å². The Hall–Kier alpha value is -3.22. The summed E-state index contributed by atoms with van der Waals surface area (Å²) in [5, 5.41) is 3.25. The Morgan fingerprint density at radius 1 is 0.388 bits per heavy atom. The van der Waals surface area contributed by atoms with Crippen LogP contribution in [0, 0.1) is 47.3 Å². The quantitative estimate of drug-likeness (QED) is 0.0410. The first-order valence-corrected chi connectivity index (χ1v) is 27.1. The highest BCUT2D eigenvalue weighted by atomic mass is 16.6. The Morgan fingerprint density at radius 2 is 0.627 bits per heavy atom. The van der Waals surface area contributed by atoms with Crippen molar-refractivity contribution in [3.05, 3.63) is 0 Å². The van der Waals surface area contributed by atoms with Gasteiger partial charge in [-0.2, -0.15) is 0 Å². The van der Waals surface area contributed by atoms with Crippen molar-refractivity contribution in [2.75, 3.05) is 39.5 Å². The highest BCUT2D eigenvalue weighted by Crippen LogP contribution is 2.32. The molecule has 0 radical (unpaired) electrons. The summed E-state index contributed by atoms with van der Waals surface area (Å²) in [4.78, 5) is 78.0. The van der Waals surface area contributed by atoms with Gasteiger partial charge in [-0.25, -0.2) is 0 Å². The van der Waals surface area contributed by atoms with Crippen molar-refractivity contribution in [3.8, 4) is 0 Å². The van der Waals surface area contributed by atoms with Crippen molar-refractivity contribution in [1.29, 1.82) is 0 Å². The van der Waals surface area contributed by atoms with Crippen LogP contribution in [-0.4, -0.2) is 87.5 Å². The molecule has 0 amide bonds. The van der Waals surface area contributed by atoms with E-state index < -0.39 is 24.1 Å². The topological polar surface area (TPSA) is 170 Å². The van der Waals surface area contributed by atoms with E-state index in [1.54, 1.807) is 0 Å². The summed E-state index contributed by atoms with van der Waals surface area (Å²) in [6.07, 6.45) is 26.0. The van der Waals surface area contributed by atoms with Crippen molar-refractivity contribution in [3.63, 3.8) is 0 Å². The molecule has 0 aromatic heterocycles. The molecule has 0 bridgehead atoms. The zero-order valence-corrected chi connectivity index (χ0v) is 42.2. The zero-order valence-electron chi connectivity index (χ0n) is 42.2. The molecular weight excluding hydrogens is 855 g/mol. The summed E-state index contributed by atoms with van der Waals surface area (Å²) in [6, 6.07) is 0. The summed E-state index contributed by atoms with van der Waals surface area (Å²) >= 11 is 0. The smallest absolute Gasteiger partial charge is 0.308 e. The van der Waals surface area contributed by atoms with Crippen LogP contribution in [0.2, 0.25) is 0 Å². The van der Waals surface area contributed by atoms with Gasteiger partial charge in [0.25, 0.3) is 0 Å². The van der Waals surface area contributed by atoms with Crippen LogP contribution in [0.1, 0.15) is 207 Å². The summed E-state index contributed by atoms with van der Waals surface area (Å²) in [5.41, 5.74) is 0. The Balaban J connectivity index is 1.17. The van der Waals surface area contributed by atoms with E-state index in [0.29, 0.717) is 49.6 Å². The Kier molecular flexibility index (Phi) is 27.4. The second-order valence-electron chi connectivity index (χ2n) is 21.3. The van der Waals surface area contributed by atoms with Crippen molar-refractivity contribution in [2.45, 2.75) is 220 Å². The first-order valence-electron chi connectivity index (χ1n) is 27.1. The molecule has 13 nitrogen and oxygen atoms in total. The van der Waals surface area contributed by atoms with Gasteiger partial charge in [0.05, 0.1) is 23.7 Å². The van der Waals surface area contributed by atoms with E-state index >= 15 is 0 Å². The number of hydrogen-bond donors (Lipinski definition) is 1. The third-order valence-corrected chi connectivity index (χ3v) is 15.0. The van der Waals surface area contributed by atoms with Gasteiger partial charge >= 0.3 is 35.8 Å². The standard InChI is InChI=1S/C54H91NO12/c1-39(31-43-19-9-5-10-20-43)51(58)62-35-47(36-63-52(59)40(2)32-44-21-11-6-12-22-44)66-49(56)27-17-29-55-30-18-28-50(57)67-48(37-64-53(60)41(3)33-45-23-13-7-14-24-45)38-65-54(61)42(4)34-46-25-15-8-16-26-46/h39-48,55H,5-38H2,1-4H3. The molecule has 384 valence electrons. The first-order chi connectivity index (χ1) is 32.4. The second-order valence-corrected chi connectivity index (χ2v) is 21.3. The molecule has 0 aliphatic heterocycles. The molecule has 0 spiro atoms. The number of esters is 6. The second kappa shape index (κ2) is 32.6. The summed E-state index contributed by atoms with van der Waals surface area (Å²) in [6.45, 7) is 7.81. The number of rotatable bonds is 30. The van der Waals surface area contributed by atoms with Crippen LogP contribution in [0.4, 0.5) is 0 Å². The molecule has 13 heteroatoms. The van der Waals surface area contributed by atoms with Crippen molar-refractivity contribution in [1.82, 2.24) is 5.32 Å². The van der Waals surface area contributed by atoms with Crippen LogP contribution in [-0.2, 0) is 57.2 Å². The lowest BCUT2D eigenvalue weighted by molar-refractivity contribution is -0.169. The minimum atomic E-state index is -0.908. The lowest BCUT2D eigenvalue weighted by Crippen LogP contribution is -2.33. The van der Waals surface area contributed by atoms with Gasteiger partial charge in [0.2, 0.25) is 0 Å². The Bertz CT molecular complexity index is 1260. The fourth-order valence-electron chi connectivity index (χ4n) is 10.9. The van der Waals surface area contributed by atoms with E-state index in [1.807, 2.05) is 27.7 Å². The van der Waals surface area contributed by atoms with Crippen molar-refractivity contribution in [2.24, 2.45) is 47.3 Å². The fourth-order valence-corrected chi connectivity index (χ4v) is 10.9. The molecule has 0 aromatic rings. The highest BCUT2D eigenvalue weighted by molar-refractivity contribution is 5.74. The maximum atomic E-state index is 13.0.